The summed E-state index contributed by atoms with van der Waals surface area (Å²) in [5.74, 6) is -0.975. The van der Waals surface area contributed by atoms with E-state index in [9.17, 15) is 9.59 Å². The summed E-state index contributed by atoms with van der Waals surface area (Å²) in [5, 5.41) is 10.8. The number of amides is 1. The number of aromatic nitrogens is 3. The van der Waals surface area contributed by atoms with E-state index in [4.69, 9.17) is 4.74 Å². The van der Waals surface area contributed by atoms with E-state index in [2.05, 4.69) is 15.6 Å². The largest absolute Gasteiger partial charge is 0.449 e. The average Bonchev–Trinajstić information content (AvgIpc) is 3.19. The van der Waals surface area contributed by atoms with Gasteiger partial charge in [-0.3, -0.25) is 4.79 Å². The molecule has 3 rings (SSSR count). The van der Waals surface area contributed by atoms with E-state index in [0.29, 0.717) is 18.8 Å². The fraction of sp³-hybridized carbons (Fsp3) is 0.217. The Labute approximate surface area is 175 Å². The highest BCUT2D eigenvalue weighted by atomic mass is 16.5. The second kappa shape index (κ2) is 10.2. The maximum atomic E-state index is 12.1. The molecule has 0 bridgehead atoms. The summed E-state index contributed by atoms with van der Waals surface area (Å²) in [7, 11) is 0. The molecule has 2 aromatic carbocycles. The zero-order valence-corrected chi connectivity index (χ0v) is 17.0. The van der Waals surface area contributed by atoms with Crippen molar-refractivity contribution in [3.8, 4) is 0 Å². The van der Waals surface area contributed by atoms with E-state index in [1.807, 2.05) is 61.5 Å². The number of hydrogen-bond donors (Lipinski definition) is 1. The Balaban J connectivity index is 1.45. The van der Waals surface area contributed by atoms with E-state index in [1.165, 1.54) is 19.1 Å². The lowest BCUT2D eigenvalue weighted by atomic mass is 10.1. The van der Waals surface area contributed by atoms with Crippen LogP contribution >= 0.6 is 0 Å². The van der Waals surface area contributed by atoms with Crippen LogP contribution in [0.3, 0.4) is 0 Å². The van der Waals surface area contributed by atoms with Crippen LogP contribution in [0, 0.1) is 6.92 Å². The van der Waals surface area contributed by atoms with E-state index in [-0.39, 0.29) is 5.91 Å². The van der Waals surface area contributed by atoms with Crippen molar-refractivity contribution in [1.29, 1.82) is 0 Å². The first-order valence-electron chi connectivity index (χ1n) is 9.65. The summed E-state index contributed by atoms with van der Waals surface area (Å²) in [6.45, 7) is 4.50. The Morgan fingerprint density at radius 3 is 2.57 bits per heavy atom. The number of ether oxygens (including phenoxy) is 1. The fourth-order valence-corrected chi connectivity index (χ4v) is 2.70. The minimum absolute atomic E-state index is 0.355. The number of hydrogen-bond acceptors (Lipinski definition) is 5. The summed E-state index contributed by atoms with van der Waals surface area (Å²) in [5.41, 5.74) is 3.76. The minimum Gasteiger partial charge on any atom is -0.449 e. The van der Waals surface area contributed by atoms with Gasteiger partial charge in [0.15, 0.2) is 6.10 Å². The quantitative estimate of drug-likeness (QED) is 0.461. The van der Waals surface area contributed by atoms with Gasteiger partial charge in [-0.05, 0) is 31.1 Å². The Morgan fingerprint density at radius 1 is 1.10 bits per heavy atom. The SMILES string of the molecule is Cc1ccc(CNC(=O)[C@H](C)OC(=O)/C=C/c2cn(Cc3ccccc3)nn2)cc1. The highest BCUT2D eigenvalue weighted by molar-refractivity contribution is 5.90. The number of carbonyl (C=O) groups excluding carboxylic acids is 2. The second-order valence-electron chi connectivity index (χ2n) is 6.94. The van der Waals surface area contributed by atoms with Crippen LogP contribution in [0.25, 0.3) is 6.08 Å². The molecular formula is C23H24N4O3. The molecule has 1 heterocycles. The predicted octanol–water partition coefficient (Wildman–Crippen LogP) is 2.90. The first-order valence-corrected chi connectivity index (χ1v) is 9.65. The molecule has 0 aliphatic carbocycles. The Morgan fingerprint density at radius 2 is 1.83 bits per heavy atom. The molecule has 1 atom stereocenters. The van der Waals surface area contributed by atoms with Crippen LogP contribution in [0.5, 0.6) is 0 Å². The first kappa shape index (κ1) is 21.0. The Kier molecular flexibility index (Phi) is 7.10. The normalized spacial score (nSPS) is 11.9. The molecule has 30 heavy (non-hydrogen) atoms. The molecule has 0 aliphatic heterocycles. The highest BCUT2D eigenvalue weighted by Crippen LogP contribution is 2.05. The van der Waals surface area contributed by atoms with Crippen molar-refractivity contribution < 1.29 is 14.3 Å². The molecular weight excluding hydrogens is 380 g/mol. The number of rotatable bonds is 8. The highest BCUT2D eigenvalue weighted by Gasteiger charge is 2.16. The van der Waals surface area contributed by atoms with Crippen molar-refractivity contribution in [2.24, 2.45) is 0 Å². The van der Waals surface area contributed by atoms with Gasteiger partial charge >= 0.3 is 5.97 Å². The van der Waals surface area contributed by atoms with E-state index in [0.717, 1.165) is 16.7 Å². The van der Waals surface area contributed by atoms with Gasteiger partial charge in [0.05, 0.1) is 12.7 Å². The molecule has 0 saturated carbocycles. The van der Waals surface area contributed by atoms with Crippen molar-refractivity contribution >= 4 is 18.0 Å². The fourth-order valence-electron chi connectivity index (χ4n) is 2.70. The maximum Gasteiger partial charge on any atom is 0.331 e. The summed E-state index contributed by atoms with van der Waals surface area (Å²) < 4.78 is 6.83. The van der Waals surface area contributed by atoms with Gasteiger partial charge in [0, 0.05) is 12.6 Å². The Hall–Kier alpha value is -3.74. The first-order chi connectivity index (χ1) is 14.5. The smallest absolute Gasteiger partial charge is 0.331 e. The lowest BCUT2D eigenvalue weighted by molar-refractivity contribution is -0.150. The third-order valence-corrected chi connectivity index (χ3v) is 4.38. The van der Waals surface area contributed by atoms with Crippen LogP contribution in [-0.4, -0.2) is 33.0 Å². The number of carbonyl (C=O) groups is 2. The number of esters is 1. The lowest BCUT2D eigenvalue weighted by Crippen LogP contribution is -2.35. The summed E-state index contributed by atoms with van der Waals surface area (Å²) in [4.78, 5) is 24.1. The predicted molar refractivity (Wildman–Crippen MR) is 113 cm³/mol. The van der Waals surface area contributed by atoms with Crippen molar-refractivity contribution in [3.05, 3.63) is 89.3 Å². The number of nitrogens with one attached hydrogen (secondary N) is 1. The molecule has 0 saturated heterocycles. The Bertz CT molecular complexity index is 1010. The molecule has 0 fully saturated rings. The summed E-state index contributed by atoms with van der Waals surface area (Å²) in [6.07, 6.45) is 3.57. The van der Waals surface area contributed by atoms with Gasteiger partial charge in [-0.15, -0.1) is 5.10 Å². The van der Waals surface area contributed by atoms with E-state index in [1.54, 1.807) is 10.9 Å². The van der Waals surface area contributed by atoms with E-state index < -0.39 is 12.1 Å². The van der Waals surface area contributed by atoms with Crippen molar-refractivity contribution in [2.75, 3.05) is 0 Å². The zero-order valence-electron chi connectivity index (χ0n) is 17.0. The molecule has 0 spiro atoms. The summed E-state index contributed by atoms with van der Waals surface area (Å²) >= 11 is 0. The van der Waals surface area contributed by atoms with Crippen LogP contribution in [0.2, 0.25) is 0 Å². The molecule has 7 nitrogen and oxygen atoms in total. The maximum absolute atomic E-state index is 12.1. The minimum atomic E-state index is -0.902. The number of nitrogens with zero attached hydrogens (tertiary/aromatic N) is 3. The lowest BCUT2D eigenvalue weighted by Gasteiger charge is -2.12. The average molecular weight is 404 g/mol. The summed E-state index contributed by atoms with van der Waals surface area (Å²) in [6, 6.07) is 17.7. The monoisotopic (exact) mass is 404 g/mol. The van der Waals surface area contributed by atoms with Gasteiger partial charge in [0.2, 0.25) is 0 Å². The van der Waals surface area contributed by atoms with Crippen molar-refractivity contribution in [2.45, 2.75) is 33.0 Å². The van der Waals surface area contributed by atoms with Gasteiger partial charge in [0.1, 0.15) is 5.69 Å². The molecule has 1 N–H and O–H groups in total. The number of benzene rings is 2. The van der Waals surface area contributed by atoms with Gasteiger partial charge in [0.25, 0.3) is 5.91 Å². The standard InChI is InChI=1S/C23H24N4O3/c1-17-8-10-19(11-9-17)14-24-23(29)18(2)30-22(28)13-12-21-16-27(26-25-21)15-20-6-4-3-5-7-20/h3-13,16,18H,14-15H2,1-2H3,(H,24,29)/b13-12+/t18-/m0/s1. The third kappa shape index (κ3) is 6.41. The van der Waals surface area contributed by atoms with Gasteiger partial charge in [-0.25, -0.2) is 9.48 Å². The number of aryl methyl sites for hydroxylation is 1. The van der Waals surface area contributed by atoms with Crippen molar-refractivity contribution in [1.82, 2.24) is 20.3 Å². The molecule has 0 unspecified atom stereocenters. The van der Waals surface area contributed by atoms with Crippen molar-refractivity contribution in [3.63, 3.8) is 0 Å². The van der Waals surface area contributed by atoms with Crippen LogP contribution in [0.4, 0.5) is 0 Å². The topological polar surface area (TPSA) is 86.1 Å². The molecule has 0 aliphatic rings. The van der Waals surface area contributed by atoms with Gasteiger partial charge in [-0.2, -0.15) is 0 Å². The van der Waals surface area contributed by atoms with Gasteiger partial charge in [-0.1, -0.05) is 65.4 Å². The van der Waals surface area contributed by atoms with Crippen LogP contribution in [0.15, 0.2) is 66.9 Å². The molecule has 3 aromatic rings. The third-order valence-electron chi connectivity index (χ3n) is 4.38. The van der Waals surface area contributed by atoms with E-state index >= 15 is 0 Å². The van der Waals surface area contributed by atoms with Crippen LogP contribution in [0.1, 0.15) is 29.3 Å². The van der Waals surface area contributed by atoms with Gasteiger partial charge < -0.3 is 10.1 Å². The zero-order chi connectivity index (χ0) is 21.3. The molecule has 1 aromatic heterocycles. The molecule has 7 heteroatoms. The second-order valence-corrected chi connectivity index (χ2v) is 6.94. The molecule has 154 valence electrons. The van der Waals surface area contributed by atoms with Crippen LogP contribution < -0.4 is 5.32 Å². The van der Waals surface area contributed by atoms with Crippen LogP contribution in [-0.2, 0) is 27.4 Å². The molecule has 1 amide bonds. The molecule has 0 radical (unpaired) electrons.